The Labute approximate surface area is 218 Å². The van der Waals surface area contributed by atoms with E-state index in [4.69, 9.17) is 28.0 Å². The van der Waals surface area contributed by atoms with Crippen molar-refractivity contribution in [1.29, 1.82) is 0 Å². The molecule has 1 aliphatic heterocycles. The second kappa shape index (κ2) is 9.44. The van der Waals surface area contributed by atoms with Crippen LogP contribution in [0.25, 0.3) is 10.8 Å². The zero-order valence-electron chi connectivity index (χ0n) is 19.0. The molecule has 1 heterocycles. The highest BCUT2D eigenvalue weighted by Crippen LogP contribution is 2.51. The Morgan fingerprint density at radius 1 is 1.08 bits per heavy atom. The van der Waals surface area contributed by atoms with Gasteiger partial charge in [0.1, 0.15) is 0 Å². The van der Waals surface area contributed by atoms with Crippen LogP contribution in [0.15, 0.2) is 53.7 Å². The summed E-state index contributed by atoms with van der Waals surface area (Å²) in [4.78, 5) is 17.1. The molecule has 0 saturated heterocycles. The molecular formula is C26H19Cl2F5N2O2. The Kier molecular flexibility index (Phi) is 6.56. The number of nitrogens with one attached hydrogen (secondary N) is 1. The number of halogens is 7. The van der Waals surface area contributed by atoms with E-state index in [0.717, 1.165) is 35.9 Å². The van der Waals surface area contributed by atoms with Gasteiger partial charge >= 0.3 is 6.18 Å². The molecule has 194 valence electrons. The first kappa shape index (κ1) is 25.7. The van der Waals surface area contributed by atoms with Crippen LogP contribution in [0.3, 0.4) is 0 Å². The fourth-order valence-corrected chi connectivity index (χ4v) is 5.17. The van der Waals surface area contributed by atoms with Crippen molar-refractivity contribution in [2.45, 2.75) is 44.0 Å². The number of alkyl halides is 5. The third-order valence-electron chi connectivity index (χ3n) is 6.68. The summed E-state index contributed by atoms with van der Waals surface area (Å²) in [5, 5.41) is 6.88. The summed E-state index contributed by atoms with van der Waals surface area (Å²) in [6.45, 7) is 0.277. The summed E-state index contributed by atoms with van der Waals surface area (Å²) in [7, 11) is 0. The fourth-order valence-electron chi connectivity index (χ4n) is 4.51. The van der Waals surface area contributed by atoms with Crippen molar-refractivity contribution < 1.29 is 31.6 Å². The summed E-state index contributed by atoms with van der Waals surface area (Å²) < 4.78 is 69.9. The van der Waals surface area contributed by atoms with Crippen LogP contribution in [0, 0.1) is 5.92 Å². The first-order valence-corrected chi connectivity index (χ1v) is 12.2. The standard InChI is InChI=1S/C26H19Cl2F5N2O2/c27-19-9-15(10-20(28)22(19)23(29)30)25(26(31,32)33)11-21(35-37-25)18-8-7-14(12-34-24(36)13-5-6-13)16-3-1-2-4-17(16)18/h1-4,7-10,13,23H,5-6,11-12H2,(H,34,36). The third kappa shape index (κ3) is 4.63. The largest absolute Gasteiger partial charge is 0.435 e. The number of carbonyl (C=O) groups is 1. The predicted molar refractivity (Wildman–Crippen MR) is 130 cm³/mol. The number of rotatable bonds is 6. The highest BCUT2D eigenvalue weighted by Gasteiger charge is 2.62. The van der Waals surface area contributed by atoms with E-state index in [0.29, 0.717) is 10.9 Å². The number of hydrogen-bond acceptors (Lipinski definition) is 3. The minimum absolute atomic E-state index is 0.0206. The van der Waals surface area contributed by atoms with Crippen molar-refractivity contribution in [3.8, 4) is 0 Å². The van der Waals surface area contributed by atoms with Crippen molar-refractivity contribution in [1.82, 2.24) is 5.32 Å². The molecule has 1 amide bonds. The van der Waals surface area contributed by atoms with Crippen molar-refractivity contribution >= 4 is 45.6 Å². The number of amides is 1. The Balaban J connectivity index is 1.51. The van der Waals surface area contributed by atoms with Gasteiger partial charge in [-0.1, -0.05) is 64.8 Å². The third-order valence-corrected chi connectivity index (χ3v) is 7.30. The average molecular weight is 557 g/mol. The molecule has 11 heteroatoms. The molecule has 0 aromatic heterocycles. The highest BCUT2D eigenvalue weighted by molar-refractivity contribution is 6.36. The molecule has 1 fully saturated rings. The number of oxime groups is 1. The van der Waals surface area contributed by atoms with Crippen LogP contribution in [0.5, 0.6) is 0 Å². The molecule has 3 aromatic rings. The van der Waals surface area contributed by atoms with Crippen LogP contribution in [-0.2, 0) is 21.8 Å². The number of benzene rings is 3. The van der Waals surface area contributed by atoms with E-state index in [-0.39, 0.29) is 24.1 Å². The lowest BCUT2D eigenvalue weighted by Gasteiger charge is -2.30. The van der Waals surface area contributed by atoms with Crippen molar-refractivity contribution in [3.05, 3.63) is 80.8 Å². The second-order valence-electron chi connectivity index (χ2n) is 9.09. The van der Waals surface area contributed by atoms with Crippen molar-refractivity contribution in [2.24, 2.45) is 11.1 Å². The molecule has 0 radical (unpaired) electrons. The molecule has 3 aromatic carbocycles. The van der Waals surface area contributed by atoms with Gasteiger partial charge in [0.15, 0.2) is 0 Å². The zero-order valence-corrected chi connectivity index (χ0v) is 20.5. The molecule has 1 unspecified atom stereocenters. The molecule has 2 aliphatic rings. The van der Waals surface area contributed by atoms with Crippen LogP contribution in [-0.4, -0.2) is 17.8 Å². The molecule has 37 heavy (non-hydrogen) atoms. The maximum absolute atomic E-state index is 14.5. The van der Waals surface area contributed by atoms with Crippen molar-refractivity contribution in [3.63, 3.8) is 0 Å². The summed E-state index contributed by atoms with van der Waals surface area (Å²) in [6, 6.07) is 12.1. The summed E-state index contributed by atoms with van der Waals surface area (Å²) in [5.41, 5.74) is -3.00. The minimum Gasteiger partial charge on any atom is -0.374 e. The molecular weight excluding hydrogens is 538 g/mol. The summed E-state index contributed by atoms with van der Waals surface area (Å²) >= 11 is 11.8. The van der Waals surface area contributed by atoms with E-state index in [9.17, 15) is 26.7 Å². The highest BCUT2D eigenvalue weighted by atomic mass is 35.5. The van der Waals surface area contributed by atoms with E-state index >= 15 is 0 Å². The van der Waals surface area contributed by atoms with Crippen LogP contribution in [0.2, 0.25) is 10.0 Å². The number of carbonyl (C=O) groups excluding carboxylic acids is 1. The molecule has 0 spiro atoms. The van der Waals surface area contributed by atoms with E-state index in [1.165, 1.54) is 0 Å². The topological polar surface area (TPSA) is 50.7 Å². The lowest BCUT2D eigenvalue weighted by Crippen LogP contribution is -2.42. The first-order chi connectivity index (χ1) is 17.5. The number of fused-ring (bicyclic) bond motifs is 1. The Hall–Kier alpha value is -2.91. The summed E-state index contributed by atoms with van der Waals surface area (Å²) in [6.07, 6.45) is -7.02. The maximum atomic E-state index is 14.5. The fraction of sp³-hybridized carbons (Fsp3) is 0.308. The minimum atomic E-state index is -4.97. The van der Waals surface area contributed by atoms with Gasteiger partial charge in [-0.15, -0.1) is 0 Å². The Morgan fingerprint density at radius 2 is 1.73 bits per heavy atom. The van der Waals surface area contributed by atoms with E-state index in [1.54, 1.807) is 30.3 Å². The lowest BCUT2D eigenvalue weighted by atomic mass is 9.85. The van der Waals surface area contributed by atoms with Gasteiger partial charge in [-0.3, -0.25) is 4.79 Å². The van der Waals surface area contributed by atoms with Crippen LogP contribution >= 0.6 is 23.2 Å². The van der Waals surface area contributed by atoms with Crippen LogP contribution in [0.4, 0.5) is 22.0 Å². The van der Waals surface area contributed by atoms with Gasteiger partial charge in [-0.2, -0.15) is 13.2 Å². The molecule has 4 nitrogen and oxygen atoms in total. The normalized spacial score (nSPS) is 19.7. The number of nitrogens with zero attached hydrogens (tertiary/aromatic N) is 1. The average Bonchev–Trinajstić information content (AvgIpc) is 3.59. The number of hydrogen-bond donors (Lipinski definition) is 1. The van der Waals surface area contributed by atoms with Gasteiger partial charge in [0.2, 0.25) is 5.91 Å². The Bertz CT molecular complexity index is 1400. The SMILES string of the molecule is O=C(NCc1ccc(C2=NOC(c3cc(Cl)c(C(F)F)c(Cl)c3)(C(F)(F)F)C2)c2ccccc12)C1CC1. The van der Waals surface area contributed by atoms with Gasteiger partial charge in [-0.25, -0.2) is 8.78 Å². The van der Waals surface area contributed by atoms with Gasteiger partial charge < -0.3 is 10.2 Å². The van der Waals surface area contributed by atoms with Crippen LogP contribution in [0.1, 0.15) is 47.9 Å². The predicted octanol–water partition coefficient (Wildman–Crippen LogP) is 7.69. The smallest absolute Gasteiger partial charge is 0.374 e. The molecule has 5 rings (SSSR count). The van der Waals surface area contributed by atoms with E-state index in [1.807, 2.05) is 6.07 Å². The van der Waals surface area contributed by atoms with Gasteiger partial charge in [0.05, 0.1) is 21.3 Å². The molecule has 1 aliphatic carbocycles. The van der Waals surface area contributed by atoms with Crippen molar-refractivity contribution in [2.75, 3.05) is 0 Å². The maximum Gasteiger partial charge on any atom is 0.435 e. The van der Waals surface area contributed by atoms with Crippen LogP contribution < -0.4 is 5.32 Å². The second-order valence-corrected chi connectivity index (χ2v) is 9.91. The van der Waals surface area contributed by atoms with Gasteiger partial charge in [0.25, 0.3) is 12.0 Å². The quantitative estimate of drug-likeness (QED) is 0.316. The Morgan fingerprint density at radius 3 is 2.32 bits per heavy atom. The molecule has 0 bridgehead atoms. The molecule has 1 saturated carbocycles. The van der Waals surface area contributed by atoms with E-state index < -0.39 is 45.8 Å². The first-order valence-electron chi connectivity index (χ1n) is 11.4. The summed E-state index contributed by atoms with van der Waals surface area (Å²) in [5.74, 6) is 0.0228. The van der Waals surface area contributed by atoms with Gasteiger partial charge in [0, 0.05) is 30.0 Å². The van der Waals surface area contributed by atoms with Gasteiger partial charge in [-0.05, 0) is 41.3 Å². The zero-order chi connectivity index (χ0) is 26.5. The van der Waals surface area contributed by atoms with E-state index in [2.05, 4.69) is 10.5 Å². The molecule has 1 N–H and O–H groups in total. The molecule has 1 atom stereocenters. The lowest BCUT2D eigenvalue weighted by molar-refractivity contribution is -0.275. The monoisotopic (exact) mass is 556 g/mol.